The number of carboxylic acid groups (broad SMARTS) is 1. The molecule has 3 N–H and O–H groups in total. The Kier molecular flexibility index (Phi) is 10.4. The van der Waals surface area contributed by atoms with E-state index in [1.54, 1.807) is 0 Å². The van der Waals surface area contributed by atoms with E-state index < -0.39 is 41.4 Å². The van der Waals surface area contributed by atoms with E-state index in [0.29, 0.717) is 12.8 Å². The predicted octanol–water partition coefficient (Wildman–Crippen LogP) is 2.78. The Morgan fingerprint density at radius 1 is 0.920 bits per heavy atom. The summed E-state index contributed by atoms with van der Waals surface area (Å²) in [6.07, 6.45) is -6.36. The molecule has 0 aromatic rings. The lowest BCUT2D eigenvalue weighted by Crippen LogP contribution is -2.37. The summed E-state index contributed by atoms with van der Waals surface area (Å²) in [5.74, 6) is -6.89. The Balaban J connectivity index is 3.73. The van der Waals surface area contributed by atoms with Crippen molar-refractivity contribution in [3.8, 4) is 0 Å². The van der Waals surface area contributed by atoms with E-state index in [4.69, 9.17) is 5.11 Å². The minimum absolute atomic E-state index is 0.00344. The van der Waals surface area contributed by atoms with Gasteiger partial charge >= 0.3 is 18.1 Å². The van der Waals surface area contributed by atoms with Crippen molar-refractivity contribution in [2.24, 2.45) is 0 Å². The lowest BCUT2D eigenvalue weighted by molar-refractivity contribution is -0.282. The molecule has 12 heteroatoms. The van der Waals surface area contributed by atoms with Gasteiger partial charge in [0.2, 0.25) is 5.91 Å². The first-order chi connectivity index (χ1) is 11.5. The van der Waals surface area contributed by atoms with E-state index in [1.165, 1.54) is 0 Å². The normalized spacial score (nSPS) is 11.9. The van der Waals surface area contributed by atoms with Crippen molar-refractivity contribution in [2.45, 2.75) is 44.2 Å². The van der Waals surface area contributed by atoms with E-state index in [-0.39, 0.29) is 37.7 Å². The van der Waals surface area contributed by atoms with Crippen LogP contribution in [0.25, 0.3) is 0 Å². The van der Waals surface area contributed by atoms with E-state index in [0.717, 1.165) is 0 Å². The third kappa shape index (κ3) is 11.6. The molecule has 2 amide bonds. The molecular formula is C13H19F5N2O4S. The summed E-state index contributed by atoms with van der Waals surface area (Å²) < 4.78 is 60.9. The number of nitrogens with one attached hydrogen (secondary N) is 2. The van der Waals surface area contributed by atoms with Gasteiger partial charge < -0.3 is 15.7 Å². The number of carbonyl (C=O) groups is 3. The molecule has 0 bridgehead atoms. The Hall–Kier alpha value is -1.59. The molecule has 0 rings (SSSR count). The molecule has 6 nitrogen and oxygen atoms in total. The summed E-state index contributed by atoms with van der Waals surface area (Å²) in [5, 5.41) is 12.3. The maximum absolute atomic E-state index is 12.6. The number of amides is 2. The van der Waals surface area contributed by atoms with Crippen molar-refractivity contribution in [3.05, 3.63) is 0 Å². The molecule has 0 aliphatic rings. The molecule has 0 saturated carbocycles. The van der Waals surface area contributed by atoms with Crippen LogP contribution in [0, 0.1) is 0 Å². The second-order valence-corrected chi connectivity index (χ2v) is 6.03. The van der Waals surface area contributed by atoms with Gasteiger partial charge in [-0.15, -0.1) is 0 Å². The van der Waals surface area contributed by atoms with Gasteiger partial charge in [-0.3, -0.25) is 14.4 Å². The summed E-state index contributed by atoms with van der Waals surface area (Å²) in [5.41, 5.74) is 0. The number of hydrogen-bond acceptors (Lipinski definition) is 4. The van der Waals surface area contributed by atoms with Gasteiger partial charge in [0.1, 0.15) is 0 Å². The first kappa shape index (κ1) is 23.4. The number of aliphatic carboxylic acids is 1. The summed E-state index contributed by atoms with van der Waals surface area (Å²) >= 11 is 0.281. The van der Waals surface area contributed by atoms with E-state index in [1.807, 2.05) is 0 Å². The Morgan fingerprint density at radius 3 is 2.12 bits per heavy atom. The van der Waals surface area contributed by atoms with Crippen LogP contribution >= 0.6 is 11.8 Å². The van der Waals surface area contributed by atoms with Crippen molar-refractivity contribution in [3.63, 3.8) is 0 Å². The van der Waals surface area contributed by atoms with Crippen LogP contribution in [-0.4, -0.2) is 53.2 Å². The van der Waals surface area contributed by atoms with Crippen LogP contribution in [0.2, 0.25) is 0 Å². The smallest absolute Gasteiger partial charge is 0.453 e. The molecule has 0 heterocycles. The van der Waals surface area contributed by atoms with Crippen molar-refractivity contribution < 1.29 is 41.4 Å². The fraction of sp³-hybridized carbons (Fsp3) is 0.769. The van der Waals surface area contributed by atoms with Gasteiger partial charge in [-0.1, -0.05) is 11.8 Å². The highest BCUT2D eigenvalue weighted by Gasteiger charge is 2.56. The zero-order valence-corrected chi connectivity index (χ0v) is 13.9. The van der Waals surface area contributed by atoms with Crippen LogP contribution in [0.1, 0.15) is 32.1 Å². The summed E-state index contributed by atoms with van der Waals surface area (Å²) in [7, 11) is 0. The topological polar surface area (TPSA) is 95.5 Å². The van der Waals surface area contributed by atoms with Crippen LogP contribution < -0.4 is 10.6 Å². The fourth-order valence-electron chi connectivity index (χ4n) is 1.46. The van der Waals surface area contributed by atoms with Crippen molar-refractivity contribution >= 4 is 28.9 Å². The van der Waals surface area contributed by atoms with Gasteiger partial charge in [0.05, 0.1) is 0 Å². The van der Waals surface area contributed by atoms with Gasteiger partial charge in [-0.2, -0.15) is 22.0 Å². The SMILES string of the molecule is O=C(O)CCCCNC(=O)CCNC(=O)SCCC(F)(F)C(F)(F)F. The number of thioether (sulfide) groups is 1. The Bertz CT molecular complexity index is 460. The highest BCUT2D eigenvalue weighted by Crippen LogP contribution is 2.38. The number of carboxylic acids is 1. The van der Waals surface area contributed by atoms with Crippen molar-refractivity contribution in [2.75, 3.05) is 18.8 Å². The van der Waals surface area contributed by atoms with Crippen molar-refractivity contribution in [1.82, 2.24) is 10.6 Å². The minimum atomic E-state index is -5.65. The maximum Gasteiger partial charge on any atom is 0.453 e. The largest absolute Gasteiger partial charge is 0.481 e. The molecule has 25 heavy (non-hydrogen) atoms. The molecule has 0 aromatic heterocycles. The number of carbonyl (C=O) groups excluding carboxylic acids is 2. The molecule has 0 unspecified atom stereocenters. The summed E-state index contributed by atoms with van der Waals surface area (Å²) in [6, 6.07) is 0. The molecule has 0 aliphatic carbocycles. The predicted molar refractivity (Wildman–Crippen MR) is 80.6 cm³/mol. The molecule has 146 valence electrons. The van der Waals surface area contributed by atoms with Crippen LogP contribution in [0.4, 0.5) is 26.7 Å². The van der Waals surface area contributed by atoms with E-state index >= 15 is 0 Å². The van der Waals surface area contributed by atoms with Gasteiger partial charge in [0, 0.05) is 38.1 Å². The van der Waals surface area contributed by atoms with Gasteiger partial charge in [-0.05, 0) is 12.8 Å². The lowest BCUT2D eigenvalue weighted by Gasteiger charge is -2.18. The molecule has 0 atom stereocenters. The second-order valence-electron chi connectivity index (χ2n) is 4.97. The quantitative estimate of drug-likeness (QED) is 0.370. The summed E-state index contributed by atoms with van der Waals surface area (Å²) in [4.78, 5) is 32.9. The third-order valence-electron chi connectivity index (χ3n) is 2.82. The number of alkyl halides is 5. The molecule has 0 aliphatic heterocycles. The van der Waals surface area contributed by atoms with Crippen LogP contribution in [0.3, 0.4) is 0 Å². The van der Waals surface area contributed by atoms with E-state index in [2.05, 4.69) is 10.6 Å². The molecule has 0 spiro atoms. The average molecular weight is 394 g/mol. The fourth-order valence-corrected chi connectivity index (χ4v) is 2.21. The highest BCUT2D eigenvalue weighted by atomic mass is 32.2. The first-order valence-corrected chi connectivity index (χ1v) is 8.28. The molecule has 0 saturated heterocycles. The number of hydrogen-bond donors (Lipinski definition) is 3. The van der Waals surface area contributed by atoms with E-state index in [9.17, 15) is 36.3 Å². The minimum Gasteiger partial charge on any atom is -0.481 e. The zero-order chi connectivity index (χ0) is 19.5. The van der Waals surface area contributed by atoms with Gasteiger partial charge in [-0.25, -0.2) is 0 Å². The zero-order valence-electron chi connectivity index (χ0n) is 13.1. The van der Waals surface area contributed by atoms with Crippen LogP contribution in [0.15, 0.2) is 0 Å². The van der Waals surface area contributed by atoms with Crippen LogP contribution in [-0.2, 0) is 9.59 Å². The van der Waals surface area contributed by atoms with Gasteiger partial charge in [0.25, 0.3) is 5.24 Å². The average Bonchev–Trinajstić information content (AvgIpc) is 2.45. The standard InChI is InChI=1S/C13H19F5N2O4S/c14-12(15,13(16,17)18)5-8-25-11(24)20-7-4-9(21)19-6-2-1-3-10(22)23/h1-8H2,(H,19,21)(H,20,24)(H,22,23). The van der Waals surface area contributed by atoms with Crippen LogP contribution in [0.5, 0.6) is 0 Å². The molecule has 0 fully saturated rings. The highest BCUT2D eigenvalue weighted by molar-refractivity contribution is 8.13. The Labute approximate surface area is 144 Å². The second kappa shape index (κ2) is 11.1. The third-order valence-corrected chi connectivity index (χ3v) is 3.64. The number of rotatable bonds is 11. The Morgan fingerprint density at radius 2 is 1.56 bits per heavy atom. The number of halogens is 5. The van der Waals surface area contributed by atoms with Gasteiger partial charge in [0.15, 0.2) is 0 Å². The summed E-state index contributed by atoms with van der Waals surface area (Å²) in [6.45, 7) is 0.184. The monoisotopic (exact) mass is 394 g/mol. The first-order valence-electron chi connectivity index (χ1n) is 7.29. The maximum atomic E-state index is 12.6. The molecular weight excluding hydrogens is 375 g/mol. The molecule has 0 radical (unpaired) electrons. The lowest BCUT2D eigenvalue weighted by atomic mass is 10.2. The molecule has 0 aromatic carbocycles. The number of unbranched alkanes of at least 4 members (excludes halogenated alkanes) is 1. The van der Waals surface area contributed by atoms with Crippen molar-refractivity contribution in [1.29, 1.82) is 0 Å².